The third-order valence-electron chi connectivity index (χ3n) is 3.95. The van der Waals surface area contributed by atoms with Gasteiger partial charge in [0.1, 0.15) is 5.76 Å². The summed E-state index contributed by atoms with van der Waals surface area (Å²) in [7, 11) is 0. The average molecular weight is 254 g/mol. The summed E-state index contributed by atoms with van der Waals surface area (Å²) in [6.07, 6.45) is 8.80. The lowest BCUT2D eigenvalue weighted by molar-refractivity contribution is 0.392. The molecule has 100 valence electrons. The van der Waals surface area contributed by atoms with Gasteiger partial charge in [0, 0.05) is 0 Å². The van der Waals surface area contributed by atoms with E-state index in [1.165, 1.54) is 11.1 Å². The van der Waals surface area contributed by atoms with Gasteiger partial charge in [0.2, 0.25) is 0 Å². The minimum Gasteiger partial charge on any atom is -0.508 e. The molecule has 0 radical (unpaired) electrons. The Hall–Kier alpha value is -1.76. The Balaban J connectivity index is 2.23. The van der Waals surface area contributed by atoms with Crippen LogP contribution in [0.1, 0.15) is 38.7 Å². The standard InChI is InChI=1S/C18H22O/c1-14(16-9-5-4-6-10-16)18(2,3)13-15-8-7-11-17(19)12-15/h4-7,9-14,19H,8H2,1-3H3. The summed E-state index contributed by atoms with van der Waals surface area (Å²) >= 11 is 0. The quantitative estimate of drug-likeness (QED) is 0.791. The van der Waals surface area contributed by atoms with E-state index >= 15 is 0 Å². The Bertz CT molecular complexity index is 518. The lowest BCUT2D eigenvalue weighted by Crippen LogP contribution is -2.18. The van der Waals surface area contributed by atoms with Crippen LogP contribution in [0.5, 0.6) is 0 Å². The van der Waals surface area contributed by atoms with Crippen LogP contribution in [0.4, 0.5) is 0 Å². The van der Waals surface area contributed by atoms with Gasteiger partial charge in [-0.2, -0.15) is 0 Å². The summed E-state index contributed by atoms with van der Waals surface area (Å²) < 4.78 is 0. The predicted octanol–water partition coefficient (Wildman–Crippen LogP) is 5.14. The first-order valence-electron chi connectivity index (χ1n) is 6.83. The van der Waals surface area contributed by atoms with Crippen molar-refractivity contribution in [1.29, 1.82) is 0 Å². The number of benzene rings is 1. The van der Waals surface area contributed by atoms with Crippen molar-refractivity contribution >= 4 is 0 Å². The third-order valence-corrected chi connectivity index (χ3v) is 3.95. The predicted molar refractivity (Wildman–Crippen MR) is 81.2 cm³/mol. The number of hydrogen-bond donors (Lipinski definition) is 1. The molecule has 0 amide bonds. The van der Waals surface area contributed by atoms with E-state index in [4.69, 9.17) is 0 Å². The largest absolute Gasteiger partial charge is 0.508 e. The van der Waals surface area contributed by atoms with E-state index in [-0.39, 0.29) is 5.41 Å². The van der Waals surface area contributed by atoms with Gasteiger partial charge in [-0.15, -0.1) is 0 Å². The molecule has 0 spiro atoms. The Morgan fingerprint density at radius 3 is 2.53 bits per heavy atom. The molecule has 2 rings (SSSR count). The number of rotatable bonds is 3. The normalized spacial score (nSPS) is 19.3. The zero-order valence-corrected chi connectivity index (χ0v) is 11.9. The monoisotopic (exact) mass is 254 g/mol. The first kappa shape index (κ1) is 13.7. The molecule has 1 N–H and O–H groups in total. The highest BCUT2D eigenvalue weighted by Gasteiger charge is 2.25. The first-order chi connectivity index (χ1) is 8.99. The molecule has 1 unspecified atom stereocenters. The smallest absolute Gasteiger partial charge is 0.115 e. The minimum absolute atomic E-state index is 0.0542. The molecule has 1 aliphatic rings. The molecule has 19 heavy (non-hydrogen) atoms. The second-order valence-electron chi connectivity index (χ2n) is 5.85. The van der Waals surface area contributed by atoms with E-state index in [0.717, 1.165) is 6.42 Å². The van der Waals surface area contributed by atoms with Crippen molar-refractivity contribution in [1.82, 2.24) is 0 Å². The summed E-state index contributed by atoms with van der Waals surface area (Å²) in [5.41, 5.74) is 2.59. The van der Waals surface area contributed by atoms with Crippen LogP contribution < -0.4 is 0 Å². The van der Waals surface area contributed by atoms with E-state index in [9.17, 15) is 5.11 Å². The summed E-state index contributed by atoms with van der Waals surface area (Å²) in [4.78, 5) is 0. The Morgan fingerprint density at radius 1 is 1.21 bits per heavy atom. The SMILES string of the molecule is CC(c1ccccc1)C(C)(C)C=C1C=C(O)C=CC1. The van der Waals surface area contributed by atoms with Gasteiger partial charge in [-0.05, 0) is 41.0 Å². The van der Waals surface area contributed by atoms with Gasteiger partial charge in [-0.25, -0.2) is 0 Å². The van der Waals surface area contributed by atoms with E-state index in [2.05, 4.69) is 51.1 Å². The van der Waals surface area contributed by atoms with Crippen molar-refractivity contribution in [2.24, 2.45) is 5.41 Å². The molecule has 1 atom stereocenters. The molecule has 0 fully saturated rings. The second kappa shape index (κ2) is 5.48. The summed E-state index contributed by atoms with van der Waals surface area (Å²) in [6, 6.07) is 10.6. The molecular weight excluding hydrogens is 232 g/mol. The van der Waals surface area contributed by atoms with Crippen LogP contribution in [0.25, 0.3) is 0 Å². The van der Waals surface area contributed by atoms with E-state index in [0.29, 0.717) is 11.7 Å². The van der Waals surface area contributed by atoms with Gasteiger partial charge < -0.3 is 5.11 Å². The summed E-state index contributed by atoms with van der Waals surface area (Å²) in [5.74, 6) is 0.781. The number of aliphatic hydroxyl groups excluding tert-OH is 1. The topological polar surface area (TPSA) is 20.2 Å². The van der Waals surface area contributed by atoms with Crippen molar-refractivity contribution < 1.29 is 5.11 Å². The molecule has 0 saturated carbocycles. The maximum Gasteiger partial charge on any atom is 0.115 e. The van der Waals surface area contributed by atoms with Gasteiger partial charge in [0.05, 0.1) is 0 Å². The third kappa shape index (κ3) is 3.37. The molecular formula is C18H22O. The number of aliphatic hydroxyl groups is 1. The van der Waals surface area contributed by atoms with Crippen LogP contribution in [0.3, 0.4) is 0 Å². The molecule has 0 aromatic heterocycles. The van der Waals surface area contributed by atoms with E-state index in [1.807, 2.05) is 18.2 Å². The summed E-state index contributed by atoms with van der Waals surface area (Å²) in [6.45, 7) is 6.76. The highest BCUT2D eigenvalue weighted by Crippen LogP contribution is 2.38. The van der Waals surface area contributed by atoms with Crippen LogP contribution in [0, 0.1) is 5.41 Å². The van der Waals surface area contributed by atoms with Crippen molar-refractivity contribution in [3.63, 3.8) is 0 Å². The Labute approximate surface area is 116 Å². The van der Waals surface area contributed by atoms with Crippen LogP contribution >= 0.6 is 0 Å². The molecule has 1 aromatic carbocycles. The zero-order valence-electron chi connectivity index (χ0n) is 11.9. The fourth-order valence-corrected chi connectivity index (χ4v) is 2.49. The maximum absolute atomic E-state index is 9.57. The van der Waals surface area contributed by atoms with Crippen LogP contribution in [0.2, 0.25) is 0 Å². The molecule has 1 heteroatoms. The van der Waals surface area contributed by atoms with Gasteiger partial charge in [0.15, 0.2) is 0 Å². The van der Waals surface area contributed by atoms with Gasteiger partial charge in [0.25, 0.3) is 0 Å². The molecule has 1 aromatic rings. The minimum atomic E-state index is 0.0542. The van der Waals surface area contributed by atoms with Crippen molar-refractivity contribution in [3.05, 3.63) is 71.5 Å². The van der Waals surface area contributed by atoms with Crippen LogP contribution in [-0.4, -0.2) is 5.11 Å². The first-order valence-corrected chi connectivity index (χ1v) is 6.83. The average Bonchev–Trinajstić information content (AvgIpc) is 2.38. The Kier molecular flexibility index (Phi) is 3.94. The lowest BCUT2D eigenvalue weighted by atomic mass is 9.74. The molecule has 0 aliphatic heterocycles. The fraction of sp³-hybridized carbons (Fsp3) is 0.333. The number of allylic oxidation sites excluding steroid dienone is 5. The molecule has 1 aliphatic carbocycles. The molecule has 0 saturated heterocycles. The highest BCUT2D eigenvalue weighted by atomic mass is 16.3. The highest BCUT2D eigenvalue weighted by molar-refractivity contribution is 5.35. The van der Waals surface area contributed by atoms with E-state index in [1.54, 1.807) is 6.08 Å². The van der Waals surface area contributed by atoms with Crippen molar-refractivity contribution in [2.75, 3.05) is 0 Å². The zero-order chi connectivity index (χ0) is 13.9. The lowest BCUT2D eigenvalue weighted by Gasteiger charge is -2.30. The van der Waals surface area contributed by atoms with Crippen molar-refractivity contribution in [3.8, 4) is 0 Å². The van der Waals surface area contributed by atoms with Gasteiger partial charge >= 0.3 is 0 Å². The Morgan fingerprint density at radius 2 is 1.89 bits per heavy atom. The van der Waals surface area contributed by atoms with Gasteiger partial charge in [-0.1, -0.05) is 63.3 Å². The van der Waals surface area contributed by atoms with Crippen molar-refractivity contribution in [2.45, 2.75) is 33.1 Å². The summed E-state index contributed by atoms with van der Waals surface area (Å²) in [5, 5.41) is 9.57. The fourth-order valence-electron chi connectivity index (χ4n) is 2.49. The maximum atomic E-state index is 9.57. The molecule has 0 bridgehead atoms. The molecule has 0 heterocycles. The van der Waals surface area contributed by atoms with E-state index < -0.39 is 0 Å². The van der Waals surface area contributed by atoms with Crippen LogP contribution in [0.15, 0.2) is 66.0 Å². The molecule has 1 nitrogen and oxygen atoms in total. The second-order valence-corrected chi connectivity index (χ2v) is 5.85. The van der Waals surface area contributed by atoms with Crippen LogP contribution in [-0.2, 0) is 0 Å². The number of hydrogen-bond acceptors (Lipinski definition) is 1. The van der Waals surface area contributed by atoms with Gasteiger partial charge in [-0.3, -0.25) is 0 Å².